The number of aromatic nitrogens is 2. The molecule has 0 aromatic carbocycles. The van der Waals surface area contributed by atoms with Crippen LogP contribution in [0, 0.1) is 0 Å². The van der Waals surface area contributed by atoms with Gasteiger partial charge >= 0.3 is 12.1 Å². The van der Waals surface area contributed by atoms with Gasteiger partial charge in [0.2, 0.25) is 0 Å². The topological polar surface area (TPSA) is 61.3 Å². The average Bonchev–Trinajstić information content (AvgIpc) is 2.39. The van der Waals surface area contributed by atoms with Gasteiger partial charge in [0.1, 0.15) is 11.7 Å². The summed E-state index contributed by atoms with van der Waals surface area (Å²) in [5.41, 5.74) is -2.01. The van der Waals surface area contributed by atoms with Gasteiger partial charge in [-0.3, -0.25) is 0 Å². The molecular formula is C12H15F3N2O3. The zero-order chi connectivity index (χ0) is 15.3. The van der Waals surface area contributed by atoms with Crippen molar-refractivity contribution in [3.63, 3.8) is 0 Å². The van der Waals surface area contributed by atoms with E-state index >= 15 is 0 Å². The van der Waals surface area contributed by atoms with E-state index in [1.165, 1.54) is 14.0 Å². The van der Waals surface area contributed by atoms with Crippen LogP contribution in [0.1, 0.15) is 48.2 Å². The molecule has 0 radical (unpaired) electrons. The molecular weight excluding hydrogens is 277 g/mol. The van der Waals surface area contributed by atoms with Gasteiger partial charge in [-0.25, -0.2) is 14.8 Å². The van der Waals surface area contributed by atoms with E-state index in [1.54, 1.807) is 6.92 Å². The summed E-state index contributed by atoms with van der Waals surface area (Å²) in [6.07, 6.45) is -4.20. The molecule has 1 unspecified atom stereocenters. The summed E-state index contributed by atoms with van der Waals surface area (Å²) in [5.74, 6) is -1.22. The predicted molar refractivity (Wildman–Crippen MR) is 63.0 cm³/mol. The fraction of sp³-hybridized carbons (Fsp3) is 0.583. The highest BCUT2D eigenvalue weighted by atomic mass is 19.4. The van der Waals surface area contributed by atoms with Crippen molar-refractivity contribution in [3.8, 4) is 0 Å². The molecule has 0 spiro atoms. The van der Waals surface area contributed by atoms with Gasteiger partial charge < -0.3 is 9.47 Å². The second kappa shape index (κ2) is 6.65. The number of halogens is 3. The summed E-state index contributed by atoms with van der Waals surface area (Å²) >= 11 is 0. The Hall–Kier alpha value is -1.70. The van der Waals surface area contributed by atoms with Gasteiger partial charge in [0.05, 0.1) is 6.61 Å². The van der Waals surface area contributed by atoms with Gasteiger partial charge in [-0.05, 0) is 13.3 Å². The van der Waals surface area contributed by atoms with Crippen LogP contribution in [0.5, 0.6) is 0 Å². The van der Waals surface area contributed by atoms with Gasteiger partial charge in [-0.2, -0.15) is 13.2 Å². The van der Waals surface area contributed by atoms with Crippen LogP contribution in [-0.2, 0) is 15.7 Å². The first-order valence-corrected chi connectivity index (χ1v) is 5.99. The van der Waals surface area contributed by atoms with E-state index in [0.29, 0.717) is 6.42 Å². The van der Waals surface area contributed by atoms with E-state index in [9.17, 15) is 18.0 Å². The molecule has 0 saturated heterocycles. The molecule has 5 nitrogen and oxygen atoms in total. The second-order valence-electron chi connectivity index (χ2n) is 3.84. The largest absolute Gasteiger partial charge is 0.462 e. The smallest absolute Gasteiger partial charge is 0.434 e. The van der Waals surface area contributed by atoms with Crippen LogP contribution in [0.4, 0.5) is 13.2 Å². The quantitative estimate of drug-likeness (QED) is 0.781. The monoisotopic (exact) mass is 292 g/mol. The Kier molecular flexibility index (Phi) is 5.43. The number of rotatable bonds is 5. The molecule has 0 saturated carbocycles. The first kappa shape index (κ1) is 16.4. The van der Waals surface area contributed by atoms with Gasteiger partial charge in [0.25, 0.3) is 0 Å². The van der Waals surface area contributed by atoms with Crippen LogP contribution >= 0.6 is 0 Å². The van der Waals surface area contributed by atoms with Crippen molar-refractivity contribution in [3.05, 3.63) is 23.3 Å². The molecule has 0 bridgehead atoms. The minimum Gasteiger partial charge on any atom is -0.462 e. The van der Waals surface area contributed by atoms with Crippen LogP contribution in [-0.4, -0.2) is 29.7 Å². The third-order valence-corrected chi connectivity index (χ3v) is 2.51. The Labute approximate surface area is 114 Å². The van der Waals surface area contributed by atoms with Gasteiger partial charge in [-0.15, -0.1) is 0 Å². The van der Waals surface area contributed by atoms with Crippen molar-refractivity contribution in [2.24, 2.45) is 0 Å². The van der Waals surface area contributed by atoms with Crippen LogP contribution in [0.15, 0.2) is 6.20 Å². The van der Waals surface area contributed by atoms with Crippen LogP contribution in [0.2, 0.25) is 0 Å². The van der Waals surface area contributed by atoms with E-state index in [1.807, 2.05) is 0 Å². The lowest BCUT2D eigenvalue weighted by atomic mass is 10.2. The SMILES string of the molecule is CCOC(=O)c1cnc(C(CC)OC)nc1C(F)(F)F. The van der Waals surface area contributed by atoms with Crippen molar-refractivity contribution < 1.29 is 27.4 Å². The first-order valence-electron chi connectivity index (χ1n) is 5.99. The summed E-state index contributed by atoms with van der Waals surface area (Å²) in [5, 5.41) is 0. The maximum atomic E-state index is 13.0. The first-order chi connectivity index (χ1) is 9.35. The number of alkyl halides is 3. The number of esters is 1. The molecule has 1 aromatic heterocycles. The molecule has 0 aliphatic heterocycles. The van der Waals surface area contributed by atoms with Crippen LogP contribution in [0.25, 0.3) is 0 Å². The summed E-state index contributed by atoms with van der Waals surface area (Å²) in [4.78, 5) is 18.7. The van der Waals surface area contributed by atoms with Crippen molar-refractivity contribution in [1.82, 2.24) is 9.97 Å². The van der Waals surface area contributed by atoms with Crippen molar-refractivity contribution in [2.75, 3.05) is 13.7 Å². The van der Waals surface area contributed by atoms with E-state index in [0.717, 1.165) is 6.20 Å². The van der Waals surface area contributed by atoms with Crippen LogP contribution < -0.4 is 0 Å². The lowest BCUT2D eigenvalue weighted by Crippen LogP contribution is -2.20. The van der Waals surface area contributed by atoms with E-state index in [2.05, 4.69) is 14.7 Å². The molecule has 112 valence electrons. The Bertz CT molecular complexity index is 474. The highest BCUT2D eigenvalue weighted by Crippen LogP contribution is 2.31. The van der Waals surface area contributed by atoms with Gasteiger partial charge in [-0.1, -0.05) is 6.92 Å². The highest BCUT2D eigenvalue weighted by Gasteiger charge is 2.39. The Morgan fingerprint density at radius 2 is 2.05 bits per heavy atom. The standard InChI is InChI=1S/C12H15F3N2O3/c1-4-8(19-3)10-16-6-7(11(18)20-5-2)9(17-10)12(13,14)15/h6,8H,4-5H2,1-3H3. The lowest BCUT2D eigenvalue weighted by molar-refractivity contribution is -0.142. The fourth-order valence-electron chi connectivity index (χ4n) is 1.58. The van der Waals surface area contributed by atoms with E-state index in [-0.39, 0.29) is 12.4 Å². The second-order valence-corrected chi connectivity index (χ2v) is 3.84. The molecule has 1 rings (SSSR count). The maximum absolute atomic E-state index is 13.0. The summed E-state index contributed by atoms with van der Waals surface area (Å²) in [7, 11) is 1.35. The summed E-state index contributed by atoms with van der Waals surface area (Å²) in [6, 6.07) is 0. The molecule has 0 fully saturated rings. The van der Waals surface area contributed by atoms with Gasteiger partial charge in [0, 0.05) is 13.3 Å². The van der Waals surface area contributed by atoms with Crippen molar-refractivity contribution in [1.29, 1.82) is 0 Å². The van der Waals surface area contributed by atoms with Crippen molar-refractivity contribution in [2.45, 2.75) is 32.5 Å². The number of nitrogens with zero attached hydrogens (tertiary/aromatic N) is 2. The molecule has 1 atom stereocenters. The number of hydrogen-bond donors (Lipinski definition) is 0. The highest BCUT2D eigenvalue weighted by molar-refractivity contribution is 5.90. The minimum atomic E-state index is -4.77. The molecule has 20 heavy (non-hydrogen) atoms. The number of hydrogen-bond acceptors (Lipinski definition) is 5. The average molecular weight is 292 g/mol. The van der Waals surface area contributed by atoms with Gasteiger partial charge in [0.15, 0.2) is 11.5 Å². The number of ether oxygens (including phenoxy) is 2. The normalized spacial score (nSPS) is 13.1. The Morgan fingerprint density at radius 1 is 1.40 bits per heavy atom. The minimum absolute atomic E-state index is 0.0342. The Balaban J connectivity index is 3.30. The molecule has 8 heteroatoms. The molecule has 1 aromatic rings. The zero-order valence-corrected chi connectivity index (χ0v) is 11.3. The van der Waals surface area contributed by atoms with E-state index < -0.39 is 29.5 Å². The molecule has 0 aliphatic rings. The van der Waals surface area contributed by atoms with Crippen LogP contribution in [0.3, 0.4) is 0 Å². The summed E-state index contributed by atoms with van der Waals surface area (Å²) < 4.78 is 48.4. The fourth-order valence-corrected chi connectivity index (χ4v) is 1.58. The maximum Gasteiger partial charge on any atom is 0.434 e. The number of carbonyl (C=O) groups is 1. The lowest BCUT2D eigenvalue weighted by Gasteiger charge is -2.15. The van der Waals surface area contributed by atoms with E-state index in [4.69, 9.17) is 4.74 Å². The predicted octanol–water partition coefficient (Wildman–Crippen LogP) is 2.77. The molecule has 0 amide bonds. The Morgan fingerprint density at radius 3 is 2.50 bits per heavy atom. The summed E-state index contributed by atoms with van der Waals surface area (Å²) in [6.45, 7) is 3.19. The number of methoxy groups -OCH3 is 1. The third-order valence-electron chi connectivity index (χ3n) is 2.51. The number of carbonyl (C=O) groups excluding carboxylic acids is 1. The zero-order valence-electron chi connectivity index (χ0n) is 11.3. The molecule has 1 heterocycles. The molecule has 0 aliphatic carbocycles. The third kappa shape index (κ3) is 3.66. The van der Waals surface area contributed by atoms with Crippen molar-refractivity contribution >= 4 is 5.97 Å². The molecule has 0 N–H and O–H groups in total.